The van der Waals surface area contributed by atoms with Crippen LogP contribution in [0.25, 0.3) is 0 Å². The van der Waals surface area contributed by atoms with Crippen molar-refractivity contribution in [2.45, 2.75) is 22.6 Å². The van der Waals surface area contributed by atoms with Crippen LogP contribution >= 0.6 is 23.4 Å². The van der Waals surface area contributed by atoms with Crippen LogP contribution in [0.5, 0.6) is 0 Å². The number of amides is 1. The van der Waals surface area contributed by atoms with Crippen LogP contribution in [0.15, 0.2) is 63.3 Å². The lowest BCUT2D eigenvalue weighted by atomic mass is 10.2. The molecule has 148 valence electrons. The van der Waals surface area contributed by atoms with Crippen LogP contribution < -0.4 is 10.0 Å². The average molecular weight is 438 g/mol. The molecular formula is C19H20ClN3O3S2. The van der Waals surface area contributed by atoms with Gasteiger partial charge in [-0.05, 0) is 42.8 Å². The monoisotopic (exact) mass is 437 g/mol. The van der Waals surface area contributed by atoms with E-state index in [9.17, 15) is 13.2 Å². The Labute approximate surface area is 173 Å². The number of hydrogen-bond donors (Lipinski definition) is 2. The van der Waals surface area contributed by atoms with Gasteiger partial charge < -0.3 is 5.32 Å². The first kappa shape index (κ1) is 20.7. The number of sulfonamides is 1. The van der Waals surface area contributed by atoms with E-state index in [0.29, 0.717) is 42.4 Å². The number of hydrogen-bond acceptors (Lipinski definition) is 5. The van der Waals surface area contributed by atoms with Gasteiger partial charge in [0, 0.05) is 40.7 Å². The van der Waals surface area contributed by atoms with Gasteiger partial charge >= 0.3 is 0 Å². The summed E-state index contributed by atoms with van der Waals surface area (Å²) in [6.45, 7) is 0.951. The second kappa shape index (κ2) is 9.45. The van der Waals surface area contributed by atoms with Crippen molar-refractivity contribution in [3.63, 3.8) is 0 Å². The summed E-state index contributed by atoms with van der Waals surface area (Å²) >= 11 is 7.50. The molecular weight excluding hydrogens is 418 g/mol. The first-order valence-corrected chi connectivity index (χ1v) is 11.6. The van der Waals surface area contributed by atoms with Crippen molar-refractivity contribution in [1.82, 2.24) is 10.0 Å². The van der Waals surface area contributed by atoms with E-state index in [0.717, 1.165) is 10.6 Å². The molecule has 0 aromatic heterocycles. The summed E-state index contributed by atoms with van der Waals surface area (Å²) in [5, 5.41) is 3.58. The SMILES string of the molecule is O=C(CCCN=C1NS(=O)(=O)c2ccccc21)NCCSc1ccc(Cl)cc1. The molecule has 6 nitrogen and oxygen atoms in total. The number of halogens is 1. The number of carbonyl (C=O) groups excluding carboxylic acids is 1. The highest BCUT2D eigenvalue weighted by atomic mass is 35.5. The predicted octanol–water partition coefficient (Wildman–Crippen LogP) is 3.07. The fourth-order valence-corrected chi connectivity index (χ4v) is 4.81. The van der Waals surface area contributed by atoms with Crippen LogP contribution in [-0.4, -0.2) is 39.0 Å². The van der Waals surface area contributed by atoms with Crippen LogP contribution in [0.3, 0.4) is 0 Å². The lowest BCUT2D eigenvalue weighted by Gasteiger charge is -2.05. The molecule has 0 radical (unpaired) electrons. The number of benzene rings is 2. The molecule has 0 spiro atoms. The Balaban J connectivity index is 1.37. The zero-order chi connectivity index (χ0) is 20.0. The van der Waals surface area contributed by atoms with Crippen molar-refractivity contribution >= 4 is 45.1 Å². The number of aliphatic imine (C=N–C) groups is 1. The Bertz CT molecular complexity index is 976. The predicted molar refractivity (Wildman–Crippen MR) is 113 cm³/mol. The molecule has 0 saturated heterocycles. The molecule has 3 rings (SSSR count). The minimum Gasteiger partial charge on any atom is -0.355 e. The van der Waals surface area contributed by atoms with Crippen LogP contribution in [-0.2, 0) is 14.8 Å². The van der Waals surface area contributed by atoms with Crippen LogP contribution in [0.2, 0.25) is 5.02 Å². The second-order valence-corrected chi connectivity index (χ2v) is 9.34. The number of nitrogens with one attached hydrogen (secondary N) is 2. The van der Waals surface area contributed by atoms with E-state index in [1.165, 1.54) is 0 Å². The average Bonchev–Trinajstić information content (AvgIpc) is 2.94. The van der Waals surface area contributed by atoms with Gasteiger partial charge in [-0.3, -0.25) is 14.5 Å². The highest BCUT2D eigenvalue weighted by molar-refractivity contribution is 7.99. The summed E-state index contributed by atoms with van der Waals surface area (Å²) in [5.41, 5.74) is 0.575. The van der Waals surface area contributed by atoms with Crippen molar-refractivity contribution in [3.8, 4) is 0 Å². The number of nitrogens with zero attached hydrogens (tertiary/aromatic N) is 1. The summed E-state index contributed by atoms with van der Waals surface area (Å²) < 4.78 is 26.5. The fraction of sp³-hybridized carbons (Fsp3) is 0.263. The first-order chi connectivity index (χ1) is 13.5. The molecule has 9 heteroatoms. The normalized spacial score (nSPS) is 15.8. The van der Waals surface area contributed by atoms with Crippen LogP contribution in [0.1, 0.15) is 18.4 Å². The summed E-state index contributed by atoms with van der Waals surface area (Å²) in [7, 11) is -3.52. The summed E-state index contributed by atoms with van der Waals surface area (Å²) in [4.78, 5) is 17.6. The molecule has 1 amide bonds. The third-order valence-electron chi connectivity index (χ3n) is 4.00. The zero-order valence-corrected chi connectivity index (χ0v) is 17.4. The van der Waals surface area contributed by atoms with Gasteiger partial charge in [-0.1, -0.05) is 23.7 Å². The highest BCUT2D eigenvalue weighted by Crippen LogP contribution is 2.22. The molecule has 0 atom stereocenters. The Hall–Kier alpha value is -2.03. The summed E-state index contributed by atoms with van der Waals surface area (Å²) in [6.07, 6.45) is 0.889. The zero-order valence-electron chi connectivity index (χ0n) is 15.0. The Morgan fingerprint density at radius 1 is 1.14 bits per heavy atom. The van der Waals surface area contributed by atoms with Gasteiger partial charge in [-0.25, -0.2) is 8.42 Å². The Morgan fingerprint density at radius 3 is 2.68 bits per heavy atom. The molecule has 0 fully saturated rings. The first-order valence-electron chi connectivity index (χ1n) is 8.77. The van der Waals surface area contributed by atoms with Gasteiger partial charge in [0.15, 0.2) is 0 Å². The van der Waals surface area contributed by atoms with Crippen LogP contribution in [0.4, 0.5) is 0 Å². The Kier molecular flexibility index (Phi) is 6.98. The number of carbonyl (C=O) groups is 1. The molecule has 0 unspecified atom stereocenters. The second-order valence-electron chi connectivity index (χ2n) is 6.09. The molecule has 2 aromatic rings. The highest BCUT2D eigenvalue weighted by Gasteiger charge is 2.29. The maximum absolute atomic E-state index is 12.0. The van der Waals surface area contributed by atoms with E-state index in [1.54, 1.807) is 36.0 Å². The van der Waals surface area contributed by atoms with E-state index in [1.807, 2.05) is 24.3 Å². The number of rotatable bonds is 8. The molecule has 0 aliphatic carbocycles. The van der Waals surface area contributed by atoms with Gasteiger partial charge in [-0.15, -0.1) is 11.8 Å². The lowest BCUT2D eigenvalue weighted by Crippen LogP contribution is -2.25. The number of amidine groups is 1. The molecule has 2 aromatic carbocycles. The van der Waals surface area contributed by atoms with E-state index in [4.69, 9.17) is 11.6 Å². The van der Waals surface area contributed by atoms with Crippen molar-refractivity contribution in [2.75, 3.05) is 18.8 Å². The van der Waals surface area contributed by atoms with Gasteiger partial charge in [0.25, 0.3) is 10.0 Å². The molecule has 2 N–H and O–H groups in total. The number of fused-ring (bicyclic) bond motifs is 1. The van der Waals surface area contributed by atoms with Crippen molar-refractivity contribution < 1.29 is 13.2 Å². The standard InChI is InChI=1S/C19H20ClN3O3S2/c20-14-7-9-15(10-8-14)27-13-12-21-18(24)6-3-11-22-19-16-4-1-2-5-17(16)28(25,26)23-19/h1-2,4-5,7-10H,3,6,11-13H2,(H,21,24)(H,22,23). The van der Waals surface area contributed by atoms with Gasteiger partial charge in [0.2, 0.25) is 5.91 Å². The quantitative estimate of drug-likeness (QED) is 0.490. The smallest absolute Gasteiger partial charge is 0.263 e. The van der Waals surface area contributed by atoms with Crippen molar-refractivity contribution in [1.29, 1.82) is 0 Å². The largest absolute Gasteiger partial charge is 0.355 e. The maximum atomic E-state index is 12.0. The fourth-order valence-electron chi connectivity index (χ4n) is 2.66. The third-order valence-corrected chi connectivity index (χ3v) is 6.66. The van der Waals surface area contributed by atoms with Crippen LogP contribution in [0, 0.1) is 0 Å². The van der Waals surface area contributed by atoms with E-state index < -0.39 is 10.0 Å². The topological polar surface area (TPSA) is 87.6 Å². The Morgan fingerprint density at radius 2 is 1.89 bits per heavy atom. The van der Waals surface area contributed by atoms with Gasteiger partial charge in [0.1, 0.15) is 5.84 Å². The van der Waals surface area contributed by atoms with Crippen molar-refractivity contribution in [2.24, 2.45) is 4.99 Å². The molecule has 28 heavy (non-hydrogen) atoms. The minimum atomic E-state index is -3.52. The minimum absolute atomic E-state index is 0.0377. The molecule has 0 saturated carbocycles. The third kappa shape index (κ3) is 5.50. The number of thioether (sulfide) groups is 1. The van der Waals surface area contributed by atoms with Gasteiger partial charge in [-0.2, -0.15) is 0 Å². The van der Waals surface area contributed by atoms with E-state index >= 15 is 0 Å². The summed E-state index contributed by atoms with van der Waals surface area (Å²) in [6, 6.07) is 14.3. The molecule has 1 aliphatic rings. The molecule has 1 aliphatic heterocycles. The van der Waals surface area contributed by atoms with Crippen molar-refractivity contribution in [3.05, 3.63) is 59.1 Å². The van der Waals surface area contributed by atoms with E-state index in [2.05, 4.69) is 15.0 Å². The molecule has 0 bridgehead atoms. The van der Waals surface area contributed by atoms with E-state index in [-0.39, 0.29) is 10.8 Å². The lowest BCUT2D eigenvalue weighted by molar-refractivity contribution is -0.121. The van der Waals surface area contributed by atoms with Gasteiger partial charge in [0.05, 0.1) is 4.90 Å². The maximum Gasteiger partial charge on any atom is 0.263 e. The summed E-state index contributed by atoms with van der Waals surface area (Å²) in [5.74, 6) is 1.08. The molecule has 1 heterocycles.